The summed E-state index contributed by atoms with van der Waals surface area (Å²) in [5, 5.41) is 3.52. The predicted octanol–water partition coefficient (Wildman–Crippen LogP) is 3.87. The first-order valence-corrected chi connectivity index (χ1v) is 7.90. The summed E-state index contributed by atoms with van der Waals surface area (Å²) in [7, 11) is 0. The van der Waals surface area contributed by atoms with Gasteiger partial charge in [0.15, 0.2) is 0 Å². The van der Waals surface area contributed by atoms with Crippen LogP contribution in [0.1, 0.15) is 52.0 Å². The highest BCUT2D eigenvalue weighted by atomic mass is 16.1. The molecule has 0 spiro atoms. The molecule has 0 radical (unpaired) electrons. The van der Waals surface area contributed by atoms with E-state index in [0.717, 1.165) is 24.9 Å². The van der Waals surface area contributed by atoms with Gasteiger partial charge in [-0.05, 0) is 48.8 Å². The van der Waals surface area contributed by atoms with Crippen LogP contribution in [0.15, 0.2) is 24.3 Å². The lowest BCUT2D eigenvalue weighted by atomic mass is 9.61. The zero-order chi connectivity index (χ0) is 15.7. The number of benzene rings is 1. The van der Waals surface area contributed by atoms with Gasteiger partial charge in [-0.3, -0.25) is 4.79 Å². The smallest absolute Gasteiger partial charge is 0.243 e. The Morgan fingerprint density at radius 1 is 1.33 bits per heavy atom. The van der Waals surface area contributed by atoms with E-state index in [1.807, 2.05) is 12.1 Å². The monoisotopic (exact) mass is 288 g/mol. The average molecular weight is 288 g/mol. The highest BCUT2D eigenvalue weighted by molar-refractivity contribution is 5.88. The first-order valence-electron chi connectivity index (χ1n) is 7.90. The SMILES string of the molecule is Cc1cccc(NC2(C(N)=O)CCCCC2C(C)(C)C)c1. The summed E-state index contributed by atoms with van der Waals surface area (Å²) < 4.78 is 0. The van der Waals surface area contributed by atoms with Crippen LogP contribution in [-0.4, -0.2) is 11.4 Å². The molecule has 3 heteroatoms. The third-order valence-electron chi connectivity index (χ3n) is 4.78. The zero-order valence-corrected chi connectivity index (χ0v) is 13.7. The van der Waals surface area contributed by atoms with Gasteiger partial charge in [0.2, 0.25) is 5.91 Å². The first kappa shape index (κ1) is 15.9. The lowest BCUT2D eigenvalue weighted by Gasteiger charge is -2.49. The van der Waals surface area contributed by atoms with E-state index in [1.54, 1.807) is 0 Å². The van der Waals surface area contributed by atoms with Crippen molar-refractivity contribution < 1.29 is 4.79 Å². The van der Waals surface area contributed by atoms with E-state index >= 15 is 0 Å². The molecule has 3 N–H and O–H groups in total. The summed E-state index contributed by atoms with van der Waals surface area (Å²) in [4.78, 5) is 12.4. The molecule has 0 bridgehead atoms. The van der Waals surface area contributed by atoms with Gasteiger partial charge in [-0.15, -0.1) is 0 Å². The van der Waals surface area contributed by atoms with Gasteiger partial charge in [0.1, 0.15) is 5.54 Å². The van der Waals surface area contributed by atoms with Crippen molar-refractivity contribution in [1.29, 1.82) is 0 Å². The number of hydrogen-bond donors (Lipinski definition) is 2. The standard InChI is InChI=1S/C18H28N2O/c1-13-8-7-9-14(12-13)20-18(16(19)21)11-6-5-10-15(18)17(2,3)4/h7-9,12,15,20H,5-6,10-11H2,1-4H3,(H2,19,21). The molecule has 0 aromatic heterocycles. The fourth-order valence-corrected chi connectivity index (χ4v) is 3.83. The van der Waals surface area contributed by atoms with Gasteiger partial charge >= 0.3 is 0 Å². The highest BCUT2D eigenvalue weighted by Crippen LogP contribution is 2.46. The molecule has 1 aromatic carbocycles. The second-order valence-corrected chi connectivity index (χ2v) is 7.49. The number of hydrogen-bond acceptors (Lipinski definition) is 2. The van der Waals surface area contributed by atoms with Crippen LogP contribution in [0, 0.1) is 18.3 Å². The zero-order valence-electron chi connectivity index (χ0n) is 13.7. The molecular formula is C18H28N2O. The minimum absolute atomic E-state index is 0.0479. The summed E-state index contributed by atoms with van der Waals surface area (Å²) in [6.45, 7) is 8.68. The Hall–Kier alpha value is -1.51. The second-order valence-electron chi connectivity index (χ2n) is 7.49. The van der Waals surface area contributed by atoms with E-state index in [-0.39, 0.29) is 17.2 Å². The maximum atomic E-state index is 12.4. The fourth-order valence-electron chi connectivity index (χ4n) is 3.83. The molecule has 1 saturated carbocycles. The number of nitrogens with one attached hydrogen (secondary N) is 1. The molecular weight excluding hydrogens is 260 g/mol. The van der Waals surface area contributed by atoms with E-state index < -0.39 is 5.54 Å². The molecule has 1 aliphatic rings. The first-order chi connectivity index (χ1) is 9.75. The molecule has 2 unspecified atom stereocenters. The maximum absolute atomic E-state index is 12.4. The van der Waals surface area contributed by atoms with Crippen molar-refractivity contribution in [3.63, 3.8) is 0 Å². The third kappa shape index (κ3) is 3.22. The number of aryl methyl sites for hydroxylation is 1. The number of rotatable bonds is 3. The Bertz CT molecular complexity index is 518. The topological polar surface area (TPSA) is 55.1 Å². The molecule has 0 aliphatic heterocycles. The number of primary amides is 1. The minimum Gasteiger partial charge on any atom is -0.371 e. The van der Waals surface area contributed by atoms with Gasteiger partial charge in [0.25, 0.3) is 0 Å². The van der Waals surface area contributed by atoms with Crippen LogP contribution >= 0.6 is 0 Å². The van der Waals surface area contributed by atoms with Gasteiger partial charge in [0.05, 0.1) is 0 Å². The molecule has 0 heterocycles. The molecule has 116 valence electrons. The maximum Gasteiger partial charge on any atom is 0.243 e. The molecule has 1 fully saturated rings. The molecule has 21 heavy (non-hydrogen) atoms. The molecule has 1 amide bonds. The summed E-state index contributed by atoms with van der Waals surface area (Å²) >= 11 is 0. The van der Waals surface area contributed by atoms with E-state index in [9.17, 15) is 4.79 Å². The molecule has 1 aromatic rings. The van der Waals surface area contributed by atoms with E-state index in [0.29, 0.717) is 0 Å². The van der Waals surface area contributed by atoms with Gasteiger partial charge < -0.3 is 11.1 Å². The lowest BCUT2D eigenvalue weighted by molar-refractivity contribution is -0.127. The Labute approximate surface area is 128 Å². The van der Waals surface area contributed by atoms with Crippen LogP contribution in [0.2, 0.25) is 0 Å². The van der Waals surface area contributed by atoms with Crippen LogP contribution < -0.4 is 11.1 Å². The molecule has 2 atom stereocenters. The van der Waals surface area contributed by atoms with Gasteiger partial charge in [-0.1, -0.05) is 45.7 Å². The quantitative estimate of drug-likeness (QED) is 0.887. The van der Waals surface area contributed by atoms with Crippen LogP contribution in [-0.2, 0) is 4.79 Å². The van der Waals surface area contributed by atoms with Crippen LogP contribution in [0.4, 0.5) is 5.69 Å². The lowest BCUT2D eigenvalue weighted by Crippen LogP contribution is -2.60. The number of carbonyl (C=O) groups excluding carboxylic acids is 1. The van der Waals surface area contributed by atoms with Gasteiger partial charge in [-0.2, -0.15) is 0 Å². The molecule has 0 saturated heterocycles. The van der Waals surface area contributed by atoms with Crippen LogP contribution in [0.3, 0.4) is 0 Å². The van der Waals surface area contributed by atoms with Crippen molar-refractivity contribution in [1.82, 2.24) is 0 Å². The van der Waals surface area contributed by atoms with E-state index in [1.165, 1.54) is 12.0 Å². The summed E-state index contributed by atoms with van der Waals surface area (Å²) in [5.41, 5.74) is 7.46. The summed E-state index contributed by atoms with van der Waals surface area (Å²) in [6.07, 6.45) is 4.09. The fraction of sp³-hybridized carbons (Fsp3) is 0.611. The second kappa shape index (κ2) is 5.70. The van der Waals surface area contributed by atoms with Crippen molar-refractivity contribution in [2.45, 2.75) is 58.9 Å². The summed E-state index contributed by atoms with van der Waals surface area (Å²) in [6, 6.07) is 8.18. The number of anilines is 1. The average Bonchev–Trinajstić information content (AvgIpc) is 2.37. The summed E-state index contributed by atoms with van der Waals surface area (Å²) in [5.74, 6) is 0.0281. The Balaban J connectivity index is 2.40. The molecule has 1 aliphatic carbocycles. The van der Waals surface area contributed by atoms with Crippen LogP contribution in [0.25, 0.3) is 0 Å². The largest absolute Gasteiger partial charge is 0.371 e. The van der Waals surface area contributed by atoms with Gasteiger partial charge in [-0.25, -0.2) is 0 Å². The number of amides is 1. The van der Waals surface area contributed by atoms with E-state index in [4.69, 9.17) is 5.73 Å². The Kier molecular flexibility index (Phi) is 4.31. The normalized spacial score (nSPS) is 26.4. The Morgan fingerprint density at radius 3 is 2.62 bits per heavy atom. The highest BCUT2D eigenvalue weighted by Gasteiger charge is 2.50. The molecule has 3 nitrogen and oxygen atoms in total. The number of carbonyl (C=O) groups is 1. The van der Waals surface area contributed by atoms with Crippen molar-refractivity contribution in [2.24, 2.45) is 17.1 Å². The van der Waals surface area contributed by atoms with Crippen LogP contribution in [0.5, 0.6) is 0 Å². The van der Waals surface area contributed by atoms with Crippen molar-refractivity contribution >= 4 is 11.6 Å². The van der Waals surface area contributed by atoms with Crippen molar-refractivity contribution in [3.8, 4) is 0 Å². The predicted molar refractivity (Wildman–Crippen MR) is 88.1 cm³/mol. The van der Waals surface area contributed by atoms with E-state index in [2.05, 4.69) is 45.1 Å². The third-order valence-corrected chi connectivity index (χ3v) is 4.78. The number of nitrogens with two attached hydrogens (primary N) is 1. The van der Waals surface area contributed by atoms with Gasteiger partial charge in [0, 0.05) is 5.69 Å². The molecule has 2 rings (SSSR count). The Morgan fingerprint density at radius 2 is 2.05 bits per heavy atom. The van der Waals surface area contributed by atoms with Crippen molar-refractivity contribution in [2.75, 3.05) is 5.32 Å². The minimum atomic E-state index is -0.635. The van der Waals surface area contributed by atoms with Crippen molar-refractivity contribution in [3.05, 3.63) is 29.8 Å².